The van der Waals surface area contributed by atoms with Crippen molar-refractivity contribution in [1.29, 1.82) is 0 Å². The number of hydrogen-bond acceptors (Lipinski definition) is 7. The zero-order valence-electron chi connectivity index (χ0n) is 14.5. The Hall–Kier alpha value is -2.52. The van der Waals surface area contributed by atoms with Gasteiger partial charge in [-0.2, -0.15) is 4.68 Å². The molecule has 0 N–H and O–H groups in total. The molecule has 7 nitrogen and oxygen atoms in total. The Bertz CT molecular complexity index is 1160. The molecule has 0 saturated carbocycles. The summed E-state index contributed by atoms with van der Waals surface area (Å²) < 4.78 is 3.33. The van der Waals surface area contributed by atoms with Crippen LogP contribution in [0.4, 0.5) is 0 Å². The Kier molecular flexibility index (Phi) is 4.33. The number of hydrogen-bond donors (Lipinski definition) is 0. The van der Waals surface area contributed by atoms with Crippen LogP contribution in [0.5, 0.6) is 0 Å². The molecule has 26 heavy (non-hydrogen) atoms. The summed E-state index contributed by atoms with van der Waals surface area (Å²) in [5, 5.41) is 14.6. The number of aryl methyl sites for hydroxylation is 3. The van der Waals surface area contributed by atoms with E-state index in [4.69, 9.17) is 0 Å². The average molecular weight is 384 g/mol. The van der Waals surface area contributed by atoms with Gasteiger partial charge in [0.05, 0.1) is 11.4 Å². The van der Waals surface area contributed by atoms with Crippen molar-refractivity contribution >= 4 is 28.1 Å². The van der Waals surface area contributed by atoms with Crippen molar-refractivity contribution in [2.45, 2.75) is 31.7 Å². The second-order valence-electron chi connectivity index (χ2n) is 6.01. The van der Waals surface area contributed by atoms with E-state index in [9.17, 15) is 4.79 Å². The van der Waals surface area contributed by atoms with Gasteiger partial charge >= 0.3 is 0 Å². The van der Waals surface area contributed by atoms with Crippen LogP contribution in [0.2, 0.25) is 0 Å². The molecule has 0 aliphatic rings. The Morgan fingerprint density at radius 2 is 2.00 bits per heavy atom. The molecular weight excluding hydrogens is 368 g/mol. The molecule has 0 spiro atoms. The number of nitrogens with zero attached hydrogens (tertiary/aromatic N) is 6. The summed E-state index contributed by atoms with van der Waals surface area (Å²) in [6.07, 6.45) is 0. The summed E-state index contributed by atoms with van der Waals surface area (Å²) in [6.45, 7) is 6.03. The molecule has 0 fully saturated rings. The van der Waals surface area contributed by atoms with Crippen LogP contribution in [0.3, 0.4) is 0 Å². The second kappa shape index (κ2) is 6.65. The van der Waals surface area contributed by atoms with E-state index < -0.39 is 0 Å². The summed E-state index contributed by atoms with van der Waals surface area (Å²) in [5.41, 5.74) is 4.88. The van der Waals surface area contributed by atoms with Crippen molar-refractivity contribution in [3.8, 4) is 5.69 Å². The quantitative estimate of drug-likeness (QED) is 0.504. The van der Waals surface area contributed by atoms with E-state index in [-0.39, 0.29) is 5.56 Å². The highest BCUT2D eigenvalue weighted by molar-refractivity contribution is 7.98. The molecule has 4 rings (SSSR count). The lowest BCUT2D eigenvalue weighted by Crippen LogP contribution is -2.14. The number of fused-ring (bicyclic) bond motifs is 1. The first-order valence-corrected chi connectivity index (χ1v) is 9.85. The van der Waals surface area contributed by atoms with Crippen molar-refractivity contribution in [2.24, 2.45) is 0 Å². The van der Waals surface area contributed by atoms with Gasteiger partial charge in [-0.3, -0.25) is 9.20 Å². The SMILES string of the molecule is Cc1ccc(-n2nnnc2SCc2cc(=O)n3c(C)csc3n2)cc1C. The highest BCUT2D eigenvalue weighted by atomic mass is 32.2. The number of thioether (sulfide) groups is 1. The maximum atomic E-state index is 12.3. The number of benzene rings is 1. The first-order valence-electron chi connectivity index (χ1n) is 7.98. The number of aromatic nitrogens is 6. The van der Waals surface area contributed by atoms with Crippen LogP contribution in [0.25, 0.3) is 10.6 Å². The molecule has 0 amide bonds. The molecule has 3 heterocycles. The van der Waals surface area contributed by atoms with E-state index in [0.717, 1.165) is 17.1 Å². The summed E-state index contributed by atoms with van der Waals surface area (Å²) in [5.74, 6) is 0.522. The van der Waals surface area contributed by atoms with Gasteiger partial charge in [-0.15, -0.1) is 16.4 Å². The van der Waals surface area contributed by atoms with Gasteiger partial charge in [0.15, 0.2) is 4.96 Å². The van der Waals surface area contributed by atoms with Crippen molar-refractivity contribution in [2.75, 3.05) is 0 Å². The smallest absolute Gasteiger partial charge is 0.258 e. The third-order valence-corrected chi connectivity index (χ3v) is 6.05. The molecule has 132 valence electrons. The zero-order chi connectivity index (χ0) is 18.3. The van der Waals surface area contributed by atoms with Gasteiger partial charge < -0.3 is 0 Å². The number of thiazole rings is 1. The molecule has 0 aliphatic carbocycles. The zero-order valence-corrected chi connectivity index (χ0v) is 16.1. The monoisotopic (exact) mass is 384 g/mol. The van der Waals surface area contributed by atoms with Crippen molar-refractivity contribution in [1.82, 2.24) is 29.6 Å². The molecule has 9 heteroatoms. The van der Waals surface area contributed by atoms with Gasteiger partial charge in [-0.1, -0.05) is 17.8 Å². The third-order valence-electron chi connectivity index (χ3n) is 4.15. The van der Waals surface area contributed by atoms with Gasteiger partial charge in [0.2, 0.25) is 5.16 Å². The van der Waals surface area contributed by atoms with Crippen LogP contribution in [0, 0.1) is 20.8 Å². The van der Waals surface area contributed by atoms with E-state index in [1.807, 2.05) is 18.4 Å². The molecular formula is C17H16N6OS2. The van der Waals surface area contributed by atoms with E-state index >= 15 is 0 Å². The highest BCUT2D eigenvalue weighted by Crippen LogP contribution is 2.23. The highest BCUT2D eigenvalue weighted by Gasteiger charge is 2.12. The van der Waals surface area contributed by atoms with Crippen LogP contribution < -0.4 is 5.56 Å². The third kappa shape index (κ3) is 3.04. The fourth-order valence-corrected chi connectivity index (χ4v) is 4.28. The average Bonchev–Trinajstić information content (AvgIpc) is 3.22. The predicted octanol–water partition coefficient (Wildman–Crippen LogP) is 2.95. The minimum Gasteiger partial charge on any atom is -0.269 e. The van der Waals surface area contributed by atoms with Crippen LogP contribution in [0.15, 0.2) is 39.6 Å². The second-order valence-corrected chi connectivity index (χ2v) is 7.79. The van der Waals surface area contributed by atoms with E-state index in [2.05, 4.69) is 46.5 Å². The van der Waals surface area contributed by atoms with Crippen LogP contribution >= 0.6 is 23.1 Å². The van der Waals surface area contributed by atoms with Gasteiger partial charge in [-0.05, 0) is 54.5 Å². The molecule has 4 aromatic rings. The summed E-state index contributed by atoms with van der Waals surface area (Å²) >= 11 is 2.92. The predicted molar refractivity (Wildman–Crippen MR) is 102 cm³/mol. The van der Waals surface area contributed by atoms with Crippen LogP contribution in [0.1, 0.15) is 22.5 Å². The number of tetrazole rings is 1. The van der Waals surface area contributed by atoms with E-state index in [1.54, 1.807) is 15.1 Å². The van der Waals surface area contributed by atoms with Gasteiger partial charge in [0.1, 0.15) is 0 Å². The van der Waals surface area contributed by atoms with Gasteiger partial charge in [-0.25, -0.2) is 4.98 Å². The topological polar surface area (TPSA) is 78.0 Å². The summed E-state index contributed by atoms with van der Waals surface area (Å²) in [6, 6.07) is 7.68. The van der Waals surface area contributed by atoms with Gasteiger partial charge in [0, 0.05) is 22.9 Å². The normalized spacial score (nSPS) is 11.3. The molecule has 0 bridgehead atoms. The number of rotatable bonds is 4. The maximum absolute atomic E-state index is 12.3. The fraction of sp³-hybridized carbons (Fsp3) is 0.235. The molecule has 0 atom stereocenters. The maximum Gasteiger partial charge on any atom is 0.258 e. The molecule has 0 unspecified atom stereocenters. The molecule has 0 saturated heterocycles. The Balaban J connectivity index is 1.60. The lowest BCUT2D eigenvalue weighted by atomic mass is 10.1. The standard InChI is InChI=1S/C17H16N6OS2/c1-10-4-5-14(6-11(10)2)23-17(19-20-21-23)26-9-13-7-15(24)22-12(3)8-25-16(22)18-13/h4-8H,9H2,1-3H3. The van der Waals surface area contributed by atoms with Crippen molar-refractivity contribution < 1.29 is 0 Å². The largest absolute Gasteiger partial charge is 0.269 e. The molecule has 1 aromatic carbocycles. The van der Waals surface area contributed by atoms with Crippen molar-refractivity contribution in [3.63, 3.8) is 0 Å². The minimum atomic E-state index is -0.0573. The Labute approximate surface area is 157 Å². The van der Waals surface area contributed by atoms with E-state index in [1.165, 1.54) is 34.2 Å². The molecule has 3 aromatic heterocycles. The lowest BCUT2D eigenvalue weighted by Gasteiger charge is -2.07. The fourth-order valence-electron chi connectivity index (χ4n) is 2.60. The molecule has 0 radical (unpaired) electrons. The first kappa shape index (κ1) is 16.9. The molecule has 0 aliphatic heterocycles. The lowest BCUT2D eigenvalue weighted by molar-refractivity contribution is 0.755. The van der Waals surface area contributed by atoms with Crippen molar-refractivity contribution in [3.05, 3.63) is 62.5 Å². The van der Waals surface area contributed by atoms with Crippen LogP contribution in [-0.2, 0) is 5.75 Å². The Morgan fingerprint density at radius 3 is 2.81 bits per heavy atom. The summed E-state index contributed by atoms with van der Waals surface area (Å²) in [7, 11) is 0. The summed E-state index contributed by atoms with van der Waals surface area (Å²) in [4.78, 5) is 17.6. The van der Waals surface area contributed by atoms with E-state index in [0.29, 0.717) is 15.9 Å². The first-order chi connectivity index (χ1) is 12.5. The Morgan fingerprint density at radius 1 is 1.15 bits per heavy atom. The minimum absolute atomic E-state index is 0.0573. The van der Waals surface area contributed by atoms with Gasteiger partial charge in [0.25, 0.3) is 5.56 Å². The van der Waals surface area contributed by atoms with Crippen LogP contribution in [-0.4, -0.2) is 29.6 Å².